The van der Waals surface area contributed by atoms with E-state index in [0.29, 0.717) is 0 Å². The monoisotopic (exact) mass is 240 g/mol. The first-order valence-electron chi connectivity index (χ1n) is 5.41. The molecule has 0 saturated heterocycles. The van der Waals surface area contributed by atoms with E-state index in [-0.39, 0.29) is 12.0 Å². The Bertz CT molecular complexity index is 525. The third kappa shape index (κ3) is 3.71. The number of rotatable bonds is 3. The van der Waals surface area contributed by atoms with Gasteiger partial charge in [-0.3, -0.25) is 5.32 Å². The van der Waals surface area contributed by atoms with E-state index in [2.05, 4.69) is 20.6 Å². The van der Waals surface area contributed by atoms with Gasteiger partial charge in [-0.1, -0.05) is 30.3 Å². The fraction of sp³-hybridized carbons (Fsp3) is 0. The van der Waals surface area contributed by atoms with Crippen LogP contribution in [0.4, 0.5) is 10.7 Å². The summed E-state index contributed by atoms with van der Waals surface area (Å²) in [6.45, 7) is 0. The maximum atomic E-state index is 11.4. The van der Waals surface area contributed by atoms with Crippen molar-refractivity contribution < 1.29 is 4.79 Å². The van der Waals surface area contributed by atoms with Crippen LogP contribution >= 0.6 is 0 Å². The standard InChI is InChI=1S/C13H12N4O/c18-13(17-12-14-8-4-9-15-12)16-10-7-11-5-2-1-3-6-11/h1-10H,(H2,14,15,16,17,18)/b10-7+. The molecule has 0 fully saturated rings. The Morgan fingerprint density at radius 3 is 2.50 bits per heavy atom. The molecule has 5 heteroatoms. The van der Waals surface area contributed by atoms with E-state index in [1.54, 1.807) is 30.7 Å². The number of carbonyl (C=O) groups excluding carboxylic acids is 1. The third-order valence-corrected chi connectivity index (χ3v) is 2.08. The van der Waals surface area contributed by atoms with Gasteiger partial charge in [-0.2, -0.15) is 0 Å². The second kappa shape index (κ2) is 6.15. The molecule has 0 aliphatic carbocycles. The van der Waals surface area contributed by atoms with Crippen molar-refractivity contribution in [3.63, 3.8) is 0 Å². The second-order valence-corrected chi connectivity index (χ2v) is 3.41. The Balaban J connectivity index is 1.84. The van der Waals surface area contributed by atoms with Crippen molar-refractivity contribution in [3.8, 4) is 0 Å². The van der Waals surface area contributed by atoms with Gasteiger partial charge in [-0.25, -0.2) is 14.8 Å². The molecular formula is C13H12N4O. The first-order chi connectivity index (χ1) is 8.84. The summed E-state index contributed by atoms with van der Waals surface area (Å²) in [7, 11) is 0. The Morgan fingerprint density at radius 1 is 1.06 bits per heavy atom. The van der Waals surface area contributed by atoms with Gasteiger partial charge in [-0.15, -0.1) is 0 Å². The molecule has 2 amide bonds. The summed E-state index contributed by atoms with van der Waals surface area (Å²) >= 11 is 0. The highest BCUT2D eigenvalue weighted by molar-refractivity contribution is 5.88. The minimum Gasteiger partial charge on any atom is -0.314 e. The van der Waals surface area contributed by atoms with Crippen LogP contribution in [0.25, 0.3) is 6.08 Å². The van der Waals surface area contributed by atoms with Gasteiger partial charge in [0.15, 0.2) is 0 Å². The summed E-state index contributed by atoms with van der Waals surface area (Å²) < 4.78 is 0. The maximum absolute atomic E-state index is 11.4. The average molecular weight is 240 g/mol. The first-order valence-corrected chi connectivity index (χ1v) is 5.41. The summed E-state index contributed by atoms with van der Waals surface area (Å²) in [6, 6.07) is 11.0. The number of nitrogens with zero attached hydrogens (tertiary/aromatic N) is 2. The molecule has 0 spiro atoms. The maximum Gasteiger partial charge on any atom is 0.325 e. The molecule has 0 aliphatic rings. The van der Waals surface area contributed by atoms with E-state index in [1.165, 1.54) is 0 Å². The summed E-state index contributed by atoms with van der Waals surface area (Å²) in [5.74, 6) is 0.267. The minimum absolute atomic E-state index is 0.267. The van der Waals surface area contributed by atoms with E-state index >= 15 is 0 Å². The lowest BCUT2D eigenvalue weighted by molar-refractivity contribution is 0.255. The number of anilines is 1. The van der Waals surface area contributed by atoms with E-state index in [4.69, 9.17) is 0 Å². The van der Waals surface area contributed by atoms with Crippen LogP contribution in [0, 0.1) is 0 Å². The zero-order valence-electron chi connectivity index (χ0n) is 9.58. The van der Waals surface area contributed by atoms with Gasteiger partial charge in [0.25, 0.3) is 0 Å². The summed E-state index contributed by atoms with van der Waals surface area (Å²) in [5, 5.41) is 5.07. The molecule has 0 radical (unpaired) electrons. The molecule has 0 aliphatic heterocycles. The molecule has 0 saturated carbocycles. The van der Waals surface area contributed by atoms with Crippen LogP contribution in [0.2, 0.25) is 0 Å². The van der Waals surface area contributed by atoms with Gasteiger partial charge in [0.1, 0.15) is 0 Å². The van der Waals surface area contributed by atoms with Crippen molar-refractivity contribution in [3.05, 3.63) is 60.6 Å². The summed E-state index contributed by atoms with van der Waals surface area (Å²) in [5.41, 5.74) is 1.01. The largest absolute Gasteiger partial charge is 0.325 e. The van der Waals surface area contributed by atoms with Gasteiger partial charge < -0.3 is 5.32 Å². The van der Waals surface area contributed by atoms with Crippen molar-refractivity contribution in [2.24, 2.45) is 0 Å². The molecule has 0 unspecified atom stereocenters. The van der Waals surface area contributed by atoms with Crippen molar-refractivity contribution >= 4 is 18.1 Å². The minimum atomic E-state index is -0.381. The van der Waals surface area contributed by atoms with Gasteiger partial charge >= 0.3 is 6.03 Å². The van der Waals surface area contributed by atoms with Crippen molar-refractivity contribution in [2.45, 2.75) is 0 Å². The fourth-order valence-corrected chi connectivity index (χ4v) is 1.28. The van der Waals surface area contributed by atoms with Crippen molar-refractivity contribution in [1.29, 1.82) is 0 Å². The van der Waals surface area contributed by atoms with Crippen molar-refractivity contribution in [2.75, 3.05) is 5.32 Å². The molecule has 0 atom stereocenters. The molecule has 0 bridgehead atoms. The number of carbonyl (C=O) groups is 1. The highest BCUT2D eigenvalue weighted by Gasteiger charge is 1.99. The smallest absolute Gasteiger partial charge is 0.314 e. The van der Waals surface area contributed by atoms with E-state index in [0.717, 1.165) is 5.56 Å². The lowest BCUT2D eigenvalue weighted by atomic mass is 10.2. The van der Waals surface area contributed by atoms with E-state index < -0.39 is 0 Å². The predicted octanol–water partition coefficient (Wildman–Crippen LogP) is 2.27. The highest BCUT2D eigenvalue weighted by Crippen LogP contribution is 1.99. The molecule has 2 N–H and O–H groups in total. The van der Waals surface area contributed by atoms with Gasteiger partial charge in [0.2, 0.25) is 5.95 Å². The molecule has 1 aromatic heterocycles. The Hall–Kier alpha value is -2.69. The number of hydrogen-bond acceptors (Lipinski definition) is 3. The summed E-state index contributed by atoms with van der Waals surface area (Å²) in [6.07, 6.45) is 6.48. The molecule has 5 nitrogen and oxygen atoms in total. The predicted molar refractivity (Wildman–Crippen MR) is 69.7 cm³/mol. The number of hydrogen-bond donors (Lipinski definition) is 2. The molecular weight excluding hydrogens is 228 g/mol. The van der Waals surface area contributed by atoms with Crippen LogP contribution in [0.1, 0.15) is 5.56 Å². The number of amides is 2. The molecule has 90 valence electrons. The lowest BCUT2D eigenvalue weighted by Crippen LogP contribution is -2.24. The number of nitrogens with one attached hydrogen (secondary N) is 2. The van der Waals surface area contributed by atoms with Crippen LogP contribution < -0.4 is 10.6 Å². The number of benzene rings is 1. The van der Waals surface area contributed by atoms with Gasteiger partial charge in [0, 0.05) is 18.6 Å². The Labute approximate surface area is 105 Å². The van der Waals surface area contributed by atoms with Crippen LogP contribution in [0.15, 0.2) is 55.0 Å². The second-order valence-electron chi connectivity index (χ2n) is 3.41. The molecule has 18 heavy (non-hydrogen) atoms. The first kappa shape index (κ1) is 11.8. The molecule has 2 aromatic rings. The summed E-state index contributed by atoms with van der Waals surface area (Å²) in [4.78, 5) is 19.2. The number of aromatic nitrogens is 2. The molecule has 2 rings (SSSR count). The van der Waals surface area contributed by atoms with E-state index in [9.17, 15) is 4.79 Å². The van der Waals surface area contributed by atoms with Crippen LogP contribution in [0.5, 0.6) is 0 Å². The number of urea groups is 1. The molecule has 1 heterocycles. The zero-order valence-corrected chi connectivity index (χ0v) is 9.58. The lowest BCUT2D eigenvalue weighted by Gasteiger charge is -2.01. The SMILES string of the molecule is O=C(N/C=C/c1ccccc1)Nc1ncccn1. The van der Waals surface area contributed by atoms with Crippen molar-refractivity contribution in [1.82, 2.24) is 15.3 Å². The topological polar surface area (TPSA) is 66.9 Å². The van der Waals surface area contributed by atoms with Gasteiger partial charge in [-0.05, 0) is 17.7 Å². The van der Waals surface area contributed by atoms with Crippen LogP contribution in [-0.2, 0) is 0 Å². The zero-order chi connectivity index (χ0) is 12.6. The Morgan fingerprint density at radius 2 is 1.78 bits per heavy atom. The Kier molecular flexibility index (Phi) is 4.02. The fourth-order valence-electron chi connectivity index (χ4n) is 1.28. The highest BCUT2D eigenvalue weighted by atomic mass is 16.2. The quantitative estimate of drug-likeness (QED) is 0.864. The van der Waals surface area contributed by atoms with E-state index in [1.807, 2.05) is 30.3 Å². The normalized spacial score (nSPS) is 10.2. The van der Waals surface area contributed by atoms with Gasteiger partial charge in [0.05, 0.1) is 0 Å². The van der Waals surface area contributed by atoms with Crippen LogP contribution in [0.3, 0.4) is 0 Å². The molecule has 1 aromatic carbocycles. The van der Waals surface area contributed by atoms with Crippen LogP contribution in [-0.4, -0.2) is 16.0 Å². The third-order valence-electron chi connectivity index (χ3n) is 2.08. The average Bonchev–Trinajstić information content (AvgIpc) is 2.41.